The highest BCUT2D eigenvalue weighted by Gasteiger charge is 2.57. The molecule has 1 aromatic carbocycles. The van der Waals surface area contributed by atoms with Crippen LogP contribution in [0, 0.1) is 11.9 Å². The maximum Gasteiger partial charge on any atom is 0.283 e. The van der Waals surface area contributed by atoms with E-state index >= 15 is 0 Å². The number of hydrogen-bond donors (Lipinski definition) is 1. The van der Waals surface area contributed by atoms with E-state index in [0.29, 0.717) is 24.3 Å². The largest absolute Gasteiger partial charge is 0.489 e. The van der Waals surface area contributed by atoms with Gasteiger partial charge in [0.05, 0.1) is 18.6 Å². The van der Waals surface area contributed by atoms with E-state index in [9.17, 15) is 4.39 Å². The van der Waals surface area contributed by atoms with Gasteiger partial charge in [-0.2, -0.15) is 4.39 Å². The van der Waals surface area contributed by atoms with E-state index in [1.807, 2.05) is 25.1 Å². The van der Waals surface area contributed by atoms with Crippen LogP contribution < -0.4 is 10.5 Å². The Bertz CT molecular complexity index is 934. The number of hydrogen-bond acceptors (Lipinski definition) is 6. The fraction of sp³-hybridized carbons (Fsp3) is 0.400. The summed E-state index contributed by atoms with van der Waals surface area (Å²) in [4.78, 5) is 8.47. The lowest BCUT2D eigenvalue weighted by atomic mass is 9.69. The van der Waals surface area contributed by atoms with Crippen LogP contribution in [0.15, 0.2) is 41.5 Å². The molecule has 3 aliphatic rings. The molecule has 140 valence electrons. The van der Waals surface area contributed by atoms with E-state index in [1.54, 1.807) is 12.1 Å². The molecule has 6 nitrogen and oxygen atoms in total. The third-order valence-electron chi connectivity index (χ3n) is 5.79. The Hall–Kier alpha value is -2.67. The molecule has 1 saturated heterocycles. The molecule has 1 spiro atoms. The zero-order valence-electron chi connectivity index (χ0n) is 14.9. The molecule has 5 rings (SSSR count). The summed E-state index contributed by atoms with van der Waals surface area (Å²) < 4.78 is 32.0. The Morgan fingerprint density at radius 2 is 2.19 bits per heavy atom. The van der Waals surface area contributed by atoms with Crippen LogP contribution in [-0.4, -0.2) is 36.4 Å². The first-order chi connectivity index (χ1) is 13.1. The minimum absolute atomic E-state index is 0.0273. The van der Waals surface area contributed by atoms with Crippen LogP contribution >= 0.6 is 0 Å². The summed E-state index contributed by atoms with van der Waals surface area (Å²) in [5.74, 6) is 0.190. The summed E-state index contributed by atoms with van der Waals surface area (Å²) >= 11 is 0. The number of pyridine rings is 1. The van der Waals surface area contributed by atoms with Gasteiger partial charge in [0.15, 0.2) is 0 Å². The molecule has 7 heteroatoms. The zero-order valence-corrected chi connectivity index (χ0v) is 14.9. The molecule has 0 amide bonds. The van der Waals surface area contributed by atoms with Gasteiger partial charge in [0.25, 0.3) is 6.02 Å². The van der Waals surface area contributed by atoms with E-state index in [2.05, 4.69) is 4.98 Å². The maximum atomic E-state index is 14.2. The lowest BCUT2D eigenvalue weighted by molar-refractivity contribution is -0.116. The smallest absolute Gasteiger partial charge is 0.283 e. The molecule has 4 heterocycles. The van der Waals surface area contributed by atoms with Crippen LogP contribution in [0.25, 0.3) is 11.1 Å². The van der Waals surface area contributed by atoms with Crippen molar-refractivity contribution in [1.82, 2.24) is 4.98 Å². The maximum absolute atomic E-state index is 14.2. The lowest BCUT2D eigenvalue weighted by Crippen LogP contribution is -2.56. The quantitative estimate of drug-likeness (QED) is 0.782. The second-order valence-electron chi connectivity index (χ2n) is 7.26. The molecule has 27 heavy (non-hydrogen) atoms. The molecule has 0 aliphatic carbocycles. The van der Waals surface area contributed by atoms with E-state index < -0.39 is 11.5 Å². The van der Waals surface area contributed by atoms with Crippen LogP contribution in [0.3, 0.4) is 0 Å². The van der Waals surface area contributed by atoms with Crippen LogP contribution in [0.4, 0.5) is 4.39 Å². The number of amidine groups is 1. The van der Waals surface area contributed by atoms with Crippen molar-refractivity contribution in [2.24, 2.45) is 16.6 Å². The molecular formula is C20H20FN3O3. The van der Waals surface area contributed by atoms with Crippen molar-refractivity contribution in [2.75, 3.05) is 13.2 Å². The first-order valence-electron chi connectivity index (χ1n) is 9.10. The van der Waals surface area contributed by atoms with Crippen molar-refractivity contribution >= 4 is 6.02 Å². The molecule has 3 aliphatic heterocycles. The number of aromatic nitrogens is 1. The Balaban J connectivity index is 1.70. The highest BCUT2D eigenvalue weighted by molar-refractivity contribution is 5.75. The van der Waals surface area contributed by atoms with Crippen LogP contribution in [0.2, 0.25) is 0 Å². The highest BCUT2D eigenvalue weighted by Crippen LogP contribution is 2.52. The third kappa shape index (κ3) is 2.41. The SMILES string of the molecule is C[C@H]1OCC[C@H]2Oc3ccc(-c4cccnc4F)cc3[C@@]3(COC(N)=N3)C12. The fourth-order valence-corrected chi connectivity index (χ4v) is 4.62. The minimum Gasteiger partial charge on any atom is -0.489 e. The van der Waals surface area contributed by atoms with Gasteiger partial charge >= 0.3 is 0 Å². The highest BCUT2D eigenvalue weighted by atomic mass is 19.1. The Morgan fingerprint density at radius 3 is 2.96 bits per heavy atom. The van der Waals surface area contributed by atoms with Crippen molar-refractivity contribution in [3.63, 3.8) is 0 Å². The number of aliphatic imine (C=N–C) groups is 1. The summed E-state index contributed by atoms with van der Waals surface area (Å²) in [7, 11) is 0. The Morgan fingerprint density at radius 1 is 1.30 bits per heavy atom. The van der Waals surface area contributed by atoms with Crippen molar-refractivity contribution in [3.8, 4) is 16.9 Å². The molecule has 0 radical (unpaired) electrons. The average molecular weight is 369 g/mol. The van der Waals surface area contributed by atoms with Gasteiger partial charge in [-0.05, 0) is 36.8 Å². The molecule has 2 N–H and O–H groups in total. The van der Waals surface area contributed by atoms with Gasteiger partial charge in [0, 0.05) is 23.7 Å². The molecular weight excluding hydrogens is 349 g/mol. The number of benzene rings is 1. The van der Waals surface area contributed by atoms with Crippen molar-refractivity contribution < 1.29 is 18.6 Å². The second kappa shape index (κ2) is 5.92. The number of halogens is 1. The summed E-state index contributed by atoms with van der Waals surface area (Å²) in [6, 6.07) is 9.22. The van der Waals surface area contributed by atoms with Crippen LogP contribution in [0.5, 0.6) is 5.75 Å². The minimum atomic E-state index is -0.698. The summed E-state index contributed by atoms with van der Waals surface area (Å²) in [5, 5.41) is 0. The van der Waals surface area contributed by atoms with Crippen LogP contribution in [0.1, 0.15) is 18.9 Å². The predicted molar refractivity (Wildman–Crippen MR) is 96.8 cm³/mol. The first kappa shape index (κ1) is 16.5. The predicted octanol–water partition coefficient (Wildman–Crippen LogP) is 2.61. The number of fused-ring (bicyclic) bond motifs is 4. The number of nitrogens with two attached hydrogens (primary N) is 1. The Kier molecular flexibility index (Phi) is 3.62. The van der Waals surface area contributed by atoms with E-state index in [-0.39, 0.29) is 24.1 Å². The number of ether oxygens (including phenoxy) is 3. The fourth-order valence-electron chi connectivity index (χ4n) is 4.62. The molecule has 2 aromatic rings. The first-order valence-corrected chi connectivity index (χ1v) is 9.10. The zero-order chi connectivity index (χ0) is 18.6. The van der Waals surface area contributed by atoms with Gasteiger partial charge in [-0.15, -0.1) is 0 Å². The van der Waals surface area contributed by atoms with Crippen LogP contribution in [-0.2, 0) is 15.0 Å². The molecule has 1 unspecified atom stereocenters. The number of nitrogens with zero attached hydrogens (tertiary/aromatic N) is 2. The standard InChI is InChI=1S/C20H20FN3O3/c1-11-17-16(6-8-25-11)27-15-5-4-12(13-3-2-7-23-18(13)21)9-14(15)20(17)10-26-19(22)24-20/h2-5,7,9,11,16-17H,6,8,10H2,1H3,(H2,22,24)/t11-,16-,17?,20+/m1/s1. The number of rotatable bonds is 1. The summed E-state index contributed by atoms with van der Waals surface area (Å²) in [6.45, 7) is 3.00. The molecule has 1 aromatic heterocycles. The molecule has 0 bridgehead atoms. The van der Waals surface area contributed by atoms with E-state index in [0.717, 1.165) is 17.7 Å². The van der Waals surface area contributed by atoms with Gasteiger partial charge < -0.3 is 19.9 Å². The van der Waals surface area contributed by atoms with E-state index in [1.165, 1.54) is 6.20 Å². The average Bonchev–Trinajstić information content (AvgIpc) is 3.04. The van der Waals surface area contributed by atoms with Gasteiger partial charge in [0.1, 0.15) is 24.0 Å². The third-order valence-corrected chi connectivity index (χ3v) is 5.79. The monoisotopic (exact) mass is 369 g/mol. The normalized spacial score (nSPS) is 31.5. The van der Waals surface area contributed by atoms with E-state index in [4.69, 9.17) is 24.9 Å². The van der Waals surface area contributed by atoms with Crippen molar-refractivity contribution in [2.45, 2.75) is 31.1 Å². The Labute approximate surface area is 156 Å². The molecule has 1 fully saturated rings. The lowest BCUT2D eigenvalue weighted by Gasteiger charge is -2.48. The second-order valence-corrected chi connectivity index (χ2v) is 7.26. The van der Waals surface area contributed by atoms with Crippen molar-refractivity contribution in [1.29, 1.82) is 0 Å². The van der Waals surface area contributed by atoms with Gasteiger partial charge in [0.2, 0.25) is 5.95 Å². The van der Waals surface area contributed by atoms with Gasteiger partial charge in [-0.25, -0.2) is 9.98 Å². The van der Waals surface area contributed by atoms with Gasteiger partial charge in [-0.1, -0.05) is 6.07 Å². The molecule has 4 atom stereocenters. The van der Waals surface area contributed by atoms with Gasteiger partial charge in [-0.3, -0.25) is 0 Å². The summed E-state index contributed by atoms with van der Waals surface area (Å²) in [5.41, 5.74) is 7.21. The molecule has 0 saturated carbocycles. The summed E-state index contributed by atoms with van der Waals surface area (Å²) in [6.07, 6.45) is 2.13. The topological polar surface area (TPSA) is 79.0 Å². The van der Waals surface area contributed by atoms with Crippen molar-refractivity contribution in [3.05, 3.63) is 48.0 Å².